The molecule has 110 valence electrons. The zero-order valence-electron chi connectivity index (χ0n) is 12.3. The van der Waals surface area contributed by atoms with Gasteiger partial charge in [-0.15, -0.1) is 0 Å². The third-order valence-corrected chi connectivity index (χ3v) is 4.18. The maximum Gasteiger partial charge on any atom is 0.352 e. The fraction of sp³-hybridized carbons (Fsp3) is 0.600. The van der Waals surface area contributed by atoms with Crippen molar-refractivity contribution in [1.29, 1.82) is 0 Å². The molecule has 1 aliphatic heterocycles. The molecule has 0 bridgehead atoms. The van der Waals surface area contributed by atoms with Crippen LogP contribution in [-0.4, -0.2) is 39.5 Å². The lowest BCUT2D eigenvalue weighted by molar-refractivity contribution is 0.0688. The van der Waals surface area contributed by atoms with Crippen LogP contribution in [0.3, 0.4) is 0 Å². The number of aromatic carboxylic acids is 1. The van der Waals surface area contributed by atoms with E-state index in [4.69, 9.17) is 5.11 Å². The second-order valence-corrected chi connectivity index (χ2v) is 5.63. The fourth-order valence-electron chi connectivity index (χ4n) is 3.00. The first-order valence-corrected chi connectivity index (χ1v) is 7.17. The minimum absolute atomic E-state index is 0.0434. The summed E-state index contributed by atoms with van der Waals surface area (Å²) in [4.78, 5) is 28.6. The number of aryl methyl sites for hydroxylation is 1. The Morgan fingerprint density at radius 3 is 2.55 bits per heavy atom. The minimum atomic E-state index is -1.02. The second-order valence-electron chi connectivity index (χ2n) is 5.63. The molecule has 1 fully saturated rings. The Bertz CT molecular complexity index is 533. The van der Waals surface area contributed by atoms with Crippen LogP contribution in [0.2, 0.25) is 0 Å². The van der Waals surface area contributed by atoms with E-state index in [-0.39, 0.29) is 17.6 Å². The summed E-state index contributed by atoms with van der Waals surface area (Å²) in [5.74, 6) is -1.06. The third-order valence-electron chi connectivity index (χ3n) is 4.18. The smallest absolute Gasteiger partial charge is 0.352 e. The summed E-state index contributed by atoms with van der Waals surface area (Å²) in [6.07, 6.45) is 4.33. The number of nitrogens with zero attached hydrogens (tertiary/aromatic N) is 1. The van der Waals surface area contributed by atoms with Crippen LogP contribution in [0.25, 0.3) is 0 Å². The highest BCUT2D eigenvalue weighted by Crippen LogP contribution is 2.24. The molecule has 0 aromatic carbocycles. The van der Waals surface area contributed by atoms with E-state index in [2.05, 4.69) is 11.9 Å². The van der Waals surface area contributed by atoms with Crippen molar-refractivity contribution < 1.29 is 14.7 Å². The summed E-state index contributed by atoms with van der Waals surface area (Å²) < 4.78 is 0. The molecular formula is C15H22N2O3. The Labute approximate surface area is 119 Å². The van der Waals surface area contributed by atoms with Gasteiger partial charge in [0.1, 0.15) is 5.69 Å². The van der Waals surface area contributed by atoms with Crippen molar-refractivity contribution in [2.24, 2.45) is 0 Å². The monoisotopic (exact) mass is 278 g/mol. The summed E-state index contributed by atoms with van der Waals surface area (Å²) in [5, 5.41) is 9.14. The summed E-state index contributed by atoms with van der Waals surface area (Å²) in [6.45, 7) is 6.28. The fourth-order valence-corrected chi connectivity index (χ4v) is 3.00. The van der Waals surface area contributed by atoms with Crippen molar-refractivity contribution >= 4 is 11.9 Å². The molecule has 2 heterocycles. The van der Waals surface area contributed by atoms with E-state index < -0.39 is 5.97 Å². The zero-order chi connectivity index (χ0) is 14.9. The van der Waals surface area contributed by atoms with Crippen LogP contribution in [0.5, 0.6) is 0 Å². The highest BCUT2D eigenvalue weighted by Gasteiger charge is 2.28. The average molecular weight is 278 g/mol. The quantitative estimate of drug-likeness (QED) is 0.873. The van der Waals surface area contributed by atoms with Gasteiger partial charge in [0.05, 0.1) is 5.56 Å². The summed E-state index contributed by atoms with van der Waals surface area (Å²) in [7, 11) is 0. The third kappa shape index (κ3) is 2.57. The predicted octanol–water partition coefficient (Wildman–Crippen LogP) is 2.73. The maximum atomic E-state index is 12.8. The van der Waals surface area contributed by atoms with Crippen LogP contribution in [0, 0.1) is 13.8 Å². The van der Waals surface area contributed by atoms with Crippen LogP contribution < -0.4 is 0 Å². The van der Waals surface area contributed by atoms with Gasteiger partial charge >= 0.3 is 5.97 Å². The number of nitrogens with one attached hydrogen (secondary N) is 1. The maximum absolute atomic E-state index is 12.8. The van der Waals surface area contributed by atoms with Crippen LogP contribution in [0.4, 0.5) is 0 Å². The van der Waals surface area contributed by atoms with Gasteiger partial charge in [-0.3, -0.25) is 4.79 Å². The summed E-state index contributed by atoms with van der Waals surface area (Å²) in [5.41, 5.74) is 1.82. The van der Waals surface area contributed by atoms with Crippen molar-refractivity contribution in [3.8, 4) is 0 Å². The van der Waals surface area contributed by atoms with Crippen molar-refractivity contribution in [2.75, 3.05) is 6.54 Å². The predicted molar refractivity (Wildman–Crippen MR) is 76.2 cm³/mol. The zero-order valence-corrected chi connectivity index (χ0v) is 12.3. The molecule has 5 nitrogen and oxygen atoms in total. The van der Waals surface area contributed by atoms with E-state index >= 15 is 0 Å². The van der Waals surface area contributed by atoms with Crippen molar-refractivity contribution in [2.45, 2.75) is 52.5 Å². The molecule has 1 aromatic rings. The second kappa shape index (κ2) is 5.69. The van der Waals surface area contributed by atoms with E-state index in [1.54, 1.807) is 13.8 Å². The molecule has 2 rings (SSSR count). The first-order chi connectivity index (χ1) is 9.43. The van der Waals surface area contributed by atoms with Gasteiger partial charge in [0.2, 0.25) is 0 Å². The normalized spacial score (nSPS) is 19.8. The number of carbonyl (C=O) groups excluding carboxylic acids is 1. The van der Waals surface area contributed by atoms with Crippen LogP contribution in [0.15, 0.2) is 0 Å². The molecule has 20 heavy (non-hydrogen) atoms. The molecule has 1 atom stereocenters. The lowest BCUT2D eigenvalue weighted by atomic mass is 10.1. The summed E-state index contributed by atoms with van der Waals surface area (Å²) in [6, 6.07) is 0.215. The topological polar surface area (TPSA) is 73.4 Å². The van der Waals surface area contributed by atoms with E-state index in [9.17, 15) is 9.59 Å². The van der Waals surface area contributed by atoms with Gasteiger partial charge in [-0.2, -0.15) is 0 Å². The Balaban J connectivity index is 2.35. The number of hydrogen-bond acceptors (Lipinski definition) is 2. The largest absolute Gasteiger partial charge is 0.477 e. The van der Waals surface area contributed by atoms with E-state index in [0.29, 0.717) is 16.8 Å². The molecule has 0 spiro atoms. The van der Waals surface area contributed by atoms with Crippen molar-refractivity contribution in [3.05, 3.63) is 22.5 Å². The number of carboxylic acid groups (broad SMARTS) is 1. The number of rotatable bonds is 2. The average Bonchev–Trinajstić information content (AvgIpc) is 2.56. The molecule has 0 saturated carbocycles. The van der Waals surface area contributed by atoms with E-state index in [0.717, 1.165) is 32.2 Å². The SMILES string of the molecule is Cc1[nH]c(C(=O)O)c(C)c1C(=O)N1CCCCCC1C. The lowest BCUT2D eigenvalue weighted by Crippen LogP contribution is -2.38. The number of aromatic amines is 1. The number of aromatic nitrogens is 1. The number of carboxylic acids is 1. The van der Waals surface area contributed by atoms with Crippen molar-refractivity contribution in [1.82, 2.24) is 9.88 Å². The van der Waals surface area contributed by atoms with E-state index in [1.165, 1.54) is 0 Å². The highest BCUT2D eigenvalue weighted by atomic mass is 16.4. The molecule has 0 aliphatic carbocycles. The van der Waals surface area contributed by atoms with Gasteiger partial charge in [-0.1, -0.05) is 12.8 Å². The van der Waals surface area contributed by atoms with Gasteiger partial charge in [-0.05, 0) is 39.2 Å². The van der Waals surface area contributed by atoms with Crippen molar-refractivity contribution in [3.63, 3.8) is 0 Å². The molecule has 1 amide bonds. The molecule has 1 saturated heterocycles. The number of amides is 1. The molecule has 1 unspecified atom stereocenters. The molecular weight excluding hydrogens is 256 g/mol. The Hall–Kier alpha value is -1.78. The van der Waals surface area contributed by atoms with Gasteiger partial charge in [0, 0.05) is 18.3 Å². The molecule has 2 N–H and O–H groups in total. The standard InChI is InChI=1S/C15H22N2O3/c1-9-7-5-4-6-8-17(9)14(18)12-10(2)13(15(19)20)16-11(12)3/h9,16H,4-8H2,1-3H3,(H,19,20). The highest BCUT2D eigenvalue weighted by molar-refractivity contribution is 6.01. The van der Waals surface area contributed by atoms with Crippen LogP contribution >= 0.6 is 0 Å². The summed E-state index contributed by atoms with van der Waals surface area (Å²) >= 11 is 0. The molecule has 0 radical (unpaired) electrons. The van der Waals surface area contributed by atoms with Gasteiger partial charge in [-0.25, -0.2) is 4.79 Å². The minimum Gasteiger partial charge on any atom is -0.477 e. The van der Waals surface area contributed by atoms with Crippen LogP contribution in [-0.2, 0) is 0 Å². The number of carbonyl (C=O) groups is 2. The Morgan fingerprint density at radius 2 is 1.95 bits per heavy atom. The Kier molecular flexibility index (Phi) is 4.16. The van der Waals surface area contributed by atoms with E-state index in [1.807, 2.05) is 4.90 Å². The number of likely N-dealkylation sites (tertiary alicyclic amines) is 1. The first kappa shape index (κ1) is 14.6. The molecule has 1 aromatic heterocycles. The molecule has 5 heteroatoms. The van der Waals surface area contributed by atoms with Crippen LogP contribution in [0.1, 0.15) is 64.7 Å². The number of H-pyrrole nitrogens is 1. The lowest BCUT2D eigenvalue weighted by Gasteiger charge is -2.27. The van der Waals surface area contributed by atoms with Gasteiger partial charge in [0.15, 0.2) is 0 Å². The van der Waals surface area contributed by atoms with Gasteiger partial charge < -0.3 is 15.0 Å². The molecule has 1 aliphatic rings. The van der Waals surface area contributed by atoms with Gasteiger partial charge in [0.25, 0.3) is 5.91 Å². The number of hydrogen-bond donors (Lipinski definition) is 2. The first-order valence-electron chi connectivity index (χ1n) is 7.17. The Morgan fingerprint density at radius 1 is 1.25 bits per heavy atom.